The number of halogens is 1. The van der Waals surface area contributed by atoms with Gasteiger partial charge in [-0.2, -0.15) is 5.10 Å². The first kappa shape index (κ1) is 18.6. The van der Waals surface area contributed by atoms with Crippen LogP contribution in [0.4, 0.5) is 11.5 Å². The van der Waals surface area contributed by atoms with Crippen molar-refractivity contribution in [1.82, 2.24) is 24.6 Å². The number of nitrogens with zero attached hydrogens (tertiary/aromatic N) is 6. The van der Waals surface area contributed by atoms with Crippen molar-refractivity contribution in [2.45, 2.75) is 13.0 Å². The maximum absolute atomic E-state index is 12.6. The van der Waals surface area contributed by atoms with Gasteiger partial charge in [-0.05, 0) is 19.1 Å². The number of fused-ring (bicyclic) bond motifs is 1. The molecule has 1 aliphatic rings. The van der Waals surface area contributed by atoms with Crippen molar-refractivity contribution < 1.29 is 4.79 Å². The lowest BCUT2D eigenvalue weighted by atomic mass is 10.2. The predicted molar refractivity (Wildman–Crippen MR) is 110 cm³/mol. The van der Waals surface area contributed by atoms with Crippen molar-refractivity contribution >= 4 is 40.0 Å². The van der Waals surface area contributed by atoms with E-state index in [1.807, 2.05) is 26.1 Å². The first-order valence-corrected chi connectivity index (χ1v) is 9.59. The molecule has 2 aromatic heterocycles. The van der Waals surface area contributed by atoms with Gasteiger partial charge >= 0.3 is 0 Å². The Hall–Kier alpha value is -2.71. The summed E-state index contributed by atoms with van der Waals surface area (Å²) in [6.07, 6.45) is 3.38. The lowest BCUT2D eigenvalue weighted by Crippen LogP contribution is -2.53. The van der Waals surface area contributed by atoms with Gasteiger partial charge in [-0.1, -0.05) is 23.7 Å². The zero-order valence-electron chi connectivity index (χ0n) is 15.8. The largest absolute Gasteiger partial charge is 0.353 e. The molecule has 0 saturated carbocycles. The average molecular weight is 400 g/mol. The Kier molecular flexibility index (Phi) is 5.15. The van der Waals surface area contributed by atoms with Crippen LogP contribution >= 0.6 is 11.6 Å². The Labute approximate surface area is 168 Å². The molecule has 1 aromatic carbocycles. The standard InChI is InChI=1S/C19H22ClN7O/c1-13(19(28)24-16-6-4-3-5-15(16)20)26-7-9-27(10-8-26)18-14-11-23-25(2)17(14)21-12-22-18/h3-6,11-13H,7-10H2,1-2H3,(H,24,28). The van der Waals surface area contributed by atoms with E-state index in [0.717, 1.165) is 43.0 Å². The van der Waals surface area contributed by atoms with Crippen molar-refractivity contribution in [1.29, 1.82) is 0 Å². The molecule has 1 fully saturated rings. The maximum Gasteiger partial charge on any atom is 0.241 e. The van der Waals surface area contributed by atoms with E-state index in [4.69, 9.17) is 11.6 Å². The fourth-order valence-electron chi connectivity index (χ4n) is 3.49. The van der Waals surface area contributed by atoms with Gasteiger partial charge in [0.1, 0.15) is 12.1 Å². The van der Waals surface area contributed by atoms with Gasteiger partial charge in [0.05, 0.1) is 28.3 Å². The Morgan fingerprint density at radius 1 is 1.18 bits per heavy atom. The molecule has 0 radical (unpaired) electrons. The number of hydrogen-bond donors (Lipinski definition) is 1. The first-order chi connectivity index (χ1) is 13.5. The minimum atomic E-state index is -0.248. The molecular weight excluding hydrogens is 378 g/mol. The average Bonchev–Trinajstić information content (AvgIpc) is 3.10. The molecular formula is C19H22ClN7O. The number of benzene rings is 1. The summed E-state index contributed by atoms with van der Waals surface area (Å²) in [6.45, 7) is 5.02. The van der Waals surface area contributed by atoms with E-state index >= 15 is 0 Å². The van der Waals surface area contributed by atoms with Gasteiger partial charge in [-0.3, -0.25) is 14.4 Å². The molecule has 4 rings (SSSR count). The molecule has 9 heteroatoms. The van der Waals surface area contributed by atoms with E-state index in [2.05, 4.69) is 30.2 Å². The number of carbonyl (C=O) groups excluding carboxylic acids is 1. The van der Waals surface area contributed by atoms with Crippen LogP contribution in [0.15, 0.2) is 36.8 Å². The van der Waals surface area contributed by atoms with Gasteiger partial charge in [0.25, 0.3) is 0 Å². The highest BCUT2D eigenvalue weighted by Crippen LogP contribution is 2.24. The second-order valence-corrected chi connectivity index (χ2v) is 7.28. The lowest BCUT2D eigenvalue weighted by Gasteiger charge is -2.38. The van der Waals surface area contributed by atoms with E-state index in [1.165, 1.54) is 0 Å². The van der Waals surface area contributed by atoms with Gasteiger partial charge in [0, 0.05) is 33.2 Å². The van der Waals surface area contributed by atoms with E-state index in [1.54, 1.807) is 29.3 Å². The molecule has 3 aromatic rings. The highest BCUT2D eigenvalue weighted by Gasteiger charge is 2.27. The predicted octanol–water partition coefficient (Wildman–Crippen LogP) is 2.17. The highest BCUT2D eigenvalue weighted by molar-refractivity contribution is 6.33. The minimum Gasteiger partial charge on any atom is -0.353 e. The summed E-state index contributed by atoms with van der Waals surface area (Å²) in [5, 5.41) is 8.68. The summed E-state index contributed by atoms with van der Waals surface area (Å²) in [5.41, 5.74) is 1.46. The second kappa shape index (κ2) is 7.73. The number of hydrogen-bond acceptors (Lipinski definition) is 6. The number of amides is 1. The maximum atomic E-state index is 12.6. The van der Waals surface area contributed by atoms with Crippen molar-refractivity contribution in [3.05, 3.63) is 41.8 Å². The van der Waals surface area contributed by atoms with E-state index < -0.39 is 0 Å². The van der Waals surface area contributed by atoms with Crippen LogP contribution in [0.2, 0.25) is 5.02 Å². The molecule has 8 nitrogen and oxygen atoms in total. The summed E-state index contributed by atoms with van der Waals surface area (Å²) in [5.74, 6) is 0.837. The van der Waals surface area contributed by atoms with E-state index in [9.17, 15) is 4.79 Å². The molecule has 28 heavy (non-hydrogen) atoms. The number of aromatic nitrogens is 4. The van der Waals surface area contributed by atoms with Crippen LogP contribution in [-0.2, 0) is 11.8 Å². The molecule has 0 bridgehead atoms. The summed E-state index contributed by atoms with van der Waals surface area (Å²) >= 11 is 6.14. The van der Waals surface area contributed by atoms with Crippen LogP contribution in [0, 0.1) is 0 Å². The number of para-hydroxylation sites is 1. The van der Waals surface area contributed by atoms with Crippen LogP contribution in [0.3, 0.4) is 0 Å². The molecule has 1 atom stereocenters. The number of piperazine rings is 1. The van der Waals surface area contributed by atoms with Crippen LogP contribution < -0.4 is 10.2 Å². The molecule has 1 saturated heterocycles. The highest BCUT2D eigenvalue weighted by atomic mass is 35.5. The van der Waals surface area contributed by atoms with Crippen LogP contribution in [0.1, 0.15) is 6.92 Å². The van der Waals surface area contributed by atoms with Gasteiger partial charge in [0.15, 0.2) is 5.65 Å². The number of aryl methyl sites for hydroxylation is 1. The summed E-state index contributed by atoms with van der Waals surface area (Å²) < 4.78 is 1.75. The Morgan fingerprint density at radius 3 is 2.68 bits per heavy atom. The topological polar surface area (TPSA) is 79.2 Å². The van der Waals surface area contributed by atoms with Crippen molar-refractivity contribution in [3.63, 3.8) is 0 Å². The number of carbonyl (C=O) groups is 1. The van der Waals surface area contributed by atoms with Gasteiger partial charge in [-0.25, -0.2) is 9.97 Å². The fraction of sp³-hybridized carbons (Fsp3) is 0.368. The molecule has 1 amide bonds. The number of rotatable bonds is 4. The first-order valence-electron chi connectivity index (χ1n) is 9.21. The minimum absolute atomic E-state index is 0.0572. The van der Waals surface area contributed by atoms with E-state index in [0.29, 0.717) is 10.7 Å². The molecule has 0 spiro atoms. The molecule has 1 unspecified atom stereocenters. The summed E-state index contributed by atoms with van der Waals surface area (Å²) in [4.78, 5) is 25.8. The summed E-state index contributed by atoms with van der Waals surface area (Å²) in [6, 6.07) is 7.02. The third kappa shape index (κ3) is 3.53. The monoisotopic (exact) mass is 399 g/mol. The molecule has 0 aliphatic carbocycles. The number of nitrogens with one attached hydrogen (secondary N) is 1. The van der Waals surface area contributed by atoms with Gasteiger partial charge < -0.3 is 10.2 Å². The number of anilines is 2. The Morgan fingerprint density at radius 2 is 1.93 bits per heavy atom. The van der Waals surface area contributed by atoms with Crippen LogP contribution in [0.5, 0.6) is 0 Å². The Bertz CT molecular complexity index is 997. The molecule has 1 aliphatic heterocycles. The normalized spacial score (nSPS) is 16.3. The zero-order valence-corrected chi connectivity index (χ0v) is 16.6. The van der Waals surface area contributed by atoms with Crippen molar-refractivity contribution in [2.75, 3.05) is 36.4 Å². The van der Waals surface area contributed by atoms with Gasteiger partial charge in [0.2, 0.25) is 5.91 Å². The lowest BCUT2D eigenvalue weighted by molar-refractivity contribution is -0.120. The summed E-state index contributed by atoms with van der Waals surface area (Å²) in [7, 11) is 1.87. The quantitative estimate of drug-likeness (QED) is 0.724. The third-order valence-electron chi connectivity index (χ3n) is 5.18. The fourth-order valence-corrected chi connectivity index (χ4v) is 3.67. The molecule has 146 valence electrons. The van der Waals surface area contributed by atoms with Crippen LogP contribution in [-0.4, -0.2) is 62.8 Å². The molecule has 1 N–H and O–H groups in total. The second-order valence-electron chi connectivity index (χ2n) is 6.87. The van der Waals surface area contributed by atoms with E-state index in [-0.39, 0.29) is 11.9 Å². The Balaban J connectivity index is 1.41. The SMILES string of the molecule is CC(C(=O)Nc1ccccc1Cl)N1CCN(c2ncnc3c2cnn3C)CC1. The van der Waals surface area contributed by atoms with Crippen LogP contribution in [0.25, 0.3) is 11.0 Å². The zero-order chi connectivity index (χ0) is 19.7. The smallest absolute Gasteiger partial charge is 0.241 e. The molecule has 3 heterocycles. The van der Waals surface area contributed by atoms with Gasteiger partial charge in [-0.15, -0.1) is 0 Å². The third-order valence-corrected chi connectivity index (χ3v) is 5.51. The van der Waals surface area contributed by atoms with Crippen molar-refractivity contribution in [2.24, 2.45) is 7.05 Å². The van der Waals surface area contributed by atoms with Crippen molar-refractivity contribution in [3.8, 4) is 0 Å².